The molecular weight excluding hydrogens is 288 g/mol. The molecule has 0 aliphatic rings. The van der Waals surface area contributed by atoms with Gasteiger partial charge in [-0.1, -0.05) is 67.2 Å². The standard InChI is InChI=1S/C13H20N2O2.3C2H6/c1-5-7-8-15(12(4)17)11(3)14-9-13(6-2)10-16;3*1-2/h6-9,16H,3,5,10H2,1-2,4H3;3*1-2H3/b8-7-,13-6+,14-9-;;;. The first-order valence-electron chi connectivity index (χ1n) is 8.52. The highest BCUT2D eigenvalue weighted by atomic mass is 16.3. The largest absolute Gasteiger partial charge is 0.392 e. The number of hydrogen-bond acceptors (Lipinski definition) is 3. The molecule has 0 fully saturated rings. The van der Waals surface area contributed by atoms with Crippen LogP contribution in [0.4, 0.5) is 0 Å². The third kappa shape index (κ3) is 18.3. The van der Waals surface area contributed by atoms with E-state index in [0.717, 1.165) is 6.42 Å². The van der Waals surface area contributed by atoms with Crippen molar-refractivity contribution >= 4 is 12.1 Å². The molecule has 23 heavy (non-hydrogen) atoms. The van der Waals surface area contributed by atoms with E-state index in [0.29, 0.717) is 11.4 Å². The third-order valence-corrected chi connectivity index (χ3v) is 2.04. The molecule has 0 bridgehead atoms. The first-order valence-corrected chi connectivity index (χ1v) is 8.52. The van der Waals surface area contributed by atoms with Crippen LogP contribution in [0.2, 0.25) is 0 Å². The predicted octanol–water partition coefficient (Wildman–Crippen LogP) is 5.32. The molecule has 4 heteroatoms. The topological polar surface area (TPSA) is 52.9 Å². The molecule has 4 nitrogen and oxygen atoms in total. The van der Waals surface area contributed by atoms with Crippen LogP contribution in [0, 0.1) is 0 Å². The van der Waals surface area contributed by atoms with Gasteiger partial charge >= 0.3 is 0 Å². The minimum atomic E-state index is -0.150. The lowest BCUT2D eigenvalue weighted by Crippen LogP contribution is -2.20. The van der Waals surface area contributed by atoms with Gasteiger partial charge in [0.15, 0.2) is 0 Å². The summed E-state index contributed by atoms with van der Waals surface area (Å²) < 4.78 is 0. The van der Waals surface area contributed by atoms with E-state index in [1.165, 1.54) is 18.0 Å². The predicted molar refractivity (Wildman–Crippen MR) is 104 cm³/mol. The summed E-state index contributed by atoms with van der Waals surface area (Å²) in [6.07, 6.45) is 7.58. The molecule has 1 N–H and O–H groups in total. The second-order valence-electron chi connectivity index (χ2n) is 3.38. The van der Waals surface area contributed by atoms with Gasteiger partial charge in [-0.05, 0) is 18.9 Å². The Balaban J connectivity index is -0.000000267. The Bertz CT molecular complexity index is 356. The van der Waals surface area contributed by atoms with Gasteiger partial charge in [0.25, 0.3) is 0 Å². The molecule has 136 valence electrons. The van der Waals surface area contributed by atoms with E-state index in [1.54, 1.807) is 19.2 Å². The molecule has 0 spiro atoms. The zero-order valence-corrected chi connectivity index (χ0v) is 16.7. The zero-order chi connectivity index (χ0) is 19.3. The van der Waals surface area contributed by atoms with Crippen LogP contribution >= 0.6 is 0 Å². The van der Waals surface area contributed by atoms with Crippen LogP contribution in [0.3, 0.4) is 0 Å². The number of carbonyl (C=O) groups excluding carboxylic acids is 1. The maximum Gasteiger partial charge on any atom is 0.229 e. The van der Waals surface area contributed by atoms with E-state index in [1.807, 2.05) is 54.5 Å². The number of aliphatic imine (C=N–C) groups is 1. The molecule has 0 saturated carbocycles. The number of aliphatic hydroxyl groups excluding tert-OH is 1. The Labute approximate surface area is 144 Å². The van der Waals surface area contributed by atoms with Gasteiger partial charge in [-0.25, -0.2) is 4.99 Å². The highest BCUT2D eigenvalue weighted by Gasteiger charge is 2.07. The molecule has 0 aliphatic heterocycles. The van der Waals surface area contributed by atoms with Gasteiger partial charge in [0, 0.05) is 19.3 Å². The van der Waals surface area contributed by atoms with Crippen LogP contribution in [0.25, 0.3) is 0 Å². The van der Waals surface area contributed by atoms with Crippen molar-refractivity contribution in [2.24, 2.45) is 4.99 Å². The van der Waals surface area contributed by atoms with Crippen LogP contribution in [-0.4, -0.2) is 28.7 Å². The number of rotatable bonds is 6. The van der Waals surface area contributed by atoms with Crippen molar-refractivity contribution in [1.29, 1.82) is 0 Å². The summed E-state index contributed by atoms with van der Waals surface area (Å²) in [5, 5.41) is 8.94. The van der Waals surface area contributed by atoms with Crippen LogP contribution in [-0.2, 0) is 4.79 Å². The Morgan fingerprint density at radius 1 is 1.17 bits per heavy atom. The van der Waals surface area contributed by atoms with Crippen molar-refractivity contribution in [2.75, 3.05) is 6.61 Å². The monoisotopic (exact) mass is 326 g/mol. The normalized spacial score (nSPS) is 9.91. The smallest absolute Gasteiger partial charge is 0.229 e. The maximum absolute atomic E-state index is 11.4. The van der Waals surface area contributed by atoms with Gasteiger partial charge in [-0.15, -0.1) is 0 Å². The molecule has 0 aromatic heterocycles. The summed E-state index contributed by atoms with van der Waals surface area (Å²) >= 11 is 0. The molecule has 1 amide bonds. The molecule has 0 rings (SSSR count). The van der Waals surface area contributed by atoms with E-state index < -0.39 is 0 Å². The quantitative estimate of drug-likeness (QED) is 0.672. The molecule has 0 saturated heterocycles. The van der Waals surface area contributed by atoms with Crippen LogP contribution in [0.1, 0.15) is 68.7 Å². The molecule has 0 atom stereocenters. The fourth-order valence-electron chi connectivity index (χ4n) is 1.01. The molecule has 0 heterocycles. The molecule has 0 aliphatic carbocycles. The lowest BCUT2D eigenvalue weighted by molar-refractivity contribution is -0.124. The number of carbonyl (C=O) groups is 1. The van der Waals surface area contributed by atoms with E-state index in [2.05, 4.69) is 11.6 Å². The second-order valence-corrected chi connectivity index (χ2v) is 3.38. The fraction of sp³-hybridized carbons (Fsp3) is 0.579. The summed E-state index contributed by atoms with van der Waals surface area (Å²) in [5.41, 5.74) is 0.675. The Morgan fingerprint density at radius 3 is 1.96 bits per heavy atom. The van der Waals surface area contributed by atoms with Crippen LogP contribution < -0.4 is 0 Å². The summed E-state index contributed by atoms with van der Waals surface area (Å²) in [5.74, 6) is 0.179. The summed E-state index contributed by atoms with van der Waals surface area (Å²) in [4.78, 5) is 16.8. The third-order valence-electron chi connectivity index (χ3n) is 2.04. The highest BCUT2D eigenvalue weighted by Crippen LogP contribution is 2.06. The Morgan fingerprint density at radius 2 is 1.65 bits per heavy atom. The van der Waals surface area contributed by atoms with E-state index in [-0.39, 0.29) is 12.5 Å². The average Bonchev–Trinajstić information content (AvgIpc) is 2.61. The Hall–Kier alpha value is -1.68. The van der Waals surface area contributed by atoms with Crippen molar-refractivity contribution in [3.8, 4) is 0 Å². The number of nitrogens with zero attached hydrogens (tertiary/aromatic N) is 2. The lowest BCUT2D eigenvalue weighted by Gasteiger charge is -2.15. The molecule has 0 unspecified atom stereocenters. The van der Waals surface area contributed by atoms with Gasteiger partial charge < -0.3 is 5.11 Å². The number of allylic oxidation sites excluding steroid dienone is 2. The summed E-state index contributed by atoms with van der Waals surface area (Å²) in [6.45, 7) is 20.9. The van der Waals surface area contributed by atoms with E-state index in [4.69, 9.17) is 5.11 Å². The van der Waals surface area contributed by atoms with Crippen molar-refractivity contribution < 1.29 is 9.90 Å². The van der Waals surface area contributed by atoms with Crippen LogP contribution in [0.15, 0.2) is 41.3 Å². The van der Waals surface area contributed by atoms with Gasteiger partial charge in [0.2, 0.25) is 5.91 Å². The number of aliphatic hydroxyl groups is 1. The van der Waals surface area contributed by atoms with Crippen molar-refractivity contribution in [3.63, 3.8) is 0 Å². The maximum atomic E-state index is 11.4. The van der Waals surface area contributed by atoms with E-state index in [9.17, 15) is 4.79 Å². The summed E-state index contributed by atoms with van der Waals surface area (Å²) in [7, 11) is 0. The van der Waals surface area contributed by atoms with Gasteiger partial charge in [0.05, 0.1) is 6.61 Å². The molecule has 0 radical (unpaired) electrons. The average molecular weight is 327 g/mol. The second kappa shape index (κ2) is 25.3. The lowest BCUT2D eigenvalue weighted by atomic mass is 10.3. The first-order chi connectivity index (χ1) is 11.1. The van der Waals surface area contributed by atoms with Crippen molar-refractivity contribution in [3.05, 3.63) is 36.3 Å². The van der Waals surface area contributed by atoms with Gasteiger partial charge in [-0.3, -0.25) is 9.69 Å². The Kier molecular flexibility index (Phi) is 32.3. The number of amides is 1. The minimum Gasteiger partial charge on any atom is -0.392 e. The minimum absolute atomic E-state index is 0.0852. The SMILES string of the molecule is C=C(/N=C\C(=C/C)CO)N(/C=C\CC)C(C)=O.CC.CC.CC. The van der Waals surface area contributed by atoms with Gasteiger partial charge in [-0.2, -0.15) is 0 Å². The zero-order valence-electron chi connectivity index (χ0n) is 16.7. The van der Waals surface area contributed by atoms with E-state index >= 15 is 0 Å². The van der Waals surface area contributed by atoms with Crippen molar-refractivity contribution in [1.82, 2.24) is 4.90 Å². The van der Waals surface area contributed by atoms with Crippen LogP contribution in [0.5, 0.6) is 0 Å². The number of hydrogen-bond donors (Lipinski definition) is 1. The fourth-order valence-corrected chi connectivity index (χ4v) is 1.01. The van der Waals surface area contributed by atoms with Gasteiger partial charge in [0.1, 0.15) is 5.82 Å². The first kappa shape index (κ1) is 29.3. The molecule has 0 aromatic carbocycles. The van der Waals surface area contributed by atoms with Crippen molar-refractivity contribution in [2.45, 2.75) is 68.7 Å². The molecule has 0 aromatic rings. The highest BCUT2D eigenvalue weighted by molar-refractivity contribution is 5.81. The summed E-state index contributed by atoms with van der Waals surface area (Å²) in [6, 6.07) is 0. The molecular formula is C19H38N2O2.